The van der Waals surface area contributed by atoms with Gasteiger partial charge in [-0.1, -0.05) is 13.3 Å². The van der Waals surface area contributed by atoms with Gasteiger partial charge in [0, 0.05) is 23.7 Å². The fourth-order valence-corrected chi connectivity index (χ4v) is 2.56. The number of carbonyl (C=O) groups excluding carboxylic acids is 2. The highest BCUT2D eigenvalue weighted by molar-refractivity contribution is 6.23. The van der Waals surface area contributed by atoms with E-state index in [1.165, 1.54) is 6.33 Å². The zero-order valence-electron chi connectivity index (χ0n) is 11.3. The van der Waals surface area contributed by atoms with Gasteiger partial charge in [0.1, 0.15) is 6.33 Å². The summed E-state index contributed by atoms with van der Waals surface area (Å²) in [5.74, 6) is -0.254. The SMILES string of the molecule is CCCCN1C(=O)CC(=O)c2ccc3ncncc3c21. The number of unbranched alkanes of at least 4 members (excludes halogenated alkanes) is 1. The third-order valence-electron chi connectivity index (χ3n) is 3.58. The van der Waals surface area contributed by atoms with E-state index in [0.717, 1.165) is 23.7 Å². The van der Waals surface area contributed by atoms with Crippen molar-refractivity contribution >= 4 is 28.3 Å². The second-order valence-electron chi connectivity index (χ2n) is 4.92. The van der Waals surface area contributed by atoms with E-state index < -0.39 is 0 Å². The van der Waals surface area contributed by atoms with Gasteiger partial charge in [0.15, 0.2) is 5.78 Å². The molecule has 2 heterocycles. The molecule has 0 saturated heterocycles. The van der Waals surface area contributed by atoms with E-state index in [2.05, 4.69) is 16.9 Å². The van der Waals surface area contributed by atoms with Gasteiger partial charge in [-0.15, -0.1) is 0 Å². The average molecular weight is 269 g/mol. The van der Waals surface area contributed by atoms with E-state index in [0.29, 0.717) is 17.8 Å². The molecular weight excluding hydrogens is 254 g/mol. The third kappa shape index (κ3) is 1.95. The largest absolute Gasteiger partial charge is 0.311 e. The maximum atomic E-state index is 12.2. The minimum Gasteiger partial charge on any atom is -0.311 e. The maximum Gasteiger partial charge on any atom is 0.234 e. The molecule has 102 valence electrons. The van der Waals surface area contributed by atoms with Crippen LogP contribution in [0.25, 0.3) is 10.9 Å². The number of rotatable bonds is 3. The molecule has 0 unspecified atom stereocenters. The van der Waals surface area contributed by atoms with Crippen molar-refractivity contribution in [2.45, 2.75) is 26.2 Å². The van der Waals surface area contributed by atoms with Gasteiger partial charge in [-0.3, -0.25) is 9.59 Å². The number of ketones is 1. The van der Waals surface area contributed by atoms with Crippen molar-refractivity contribution in [3.8, 4) is 0 Å². The molecule has 0 atom stereocenters. The van der Waals surface area contributed by atoms with E-state index in [4.69, 9.17) is 0 Å². The number of amides is 1. The standard InChI is InChI=1S/C15H15N3O2/c1-2-3-6-18-14(20)7-13(19)10-4-5-12-11(15(10)18)8-16-9-17-12/h4-5,8-9H,2-3,6-7H2,1H3. The number of fused-ring (bicyclic) bond motifs is 3. The Bertz CT molecular complexity index is 697. The predicted octanol–water partition coefficient (Wildman–Crippen LogP) is 2.35. The Kier molecular flexibility index (Phi) is 3.18. The van der Waals surface area contributed by atoms with E-state index >= 15 is 0 Å². The summed E-state index contributed by atoms with van der Waals surface area (Å²) in [6, 6.07) is 3.57. The average Bonchev–Trinajstić information content (AvgIpc) is 2.46. The summed E-state index contributed by atoms with van der Waals surface area (Å²) in [5, 5.41) is 0.766. The summed E-state index contributed by atoms with van der Waals surface area (Å²) in [6.45, 7) is 2.70. The molecule has 1 aromatic carbocycles. The van der Waals surface area contributed by atoms with E-state index in [-0.39, 0.29) is 18.1 Å². The van der Waals surface area contributed by atoms with Crippen molar-refractivity contribution in [2.75, 3.05) is 11.4 Å². The summed E-state index contributed by atoms with van der Waals surface area (Å²) >= 11 is 0. The molecule has 3 rings (SSSR count). The number of benzene rings is 1. The van der Waals surface area contributed by atoms with Crippen molar-refractivity contribution in [1.82, 2.24) is 9.97 Å². The van der Waals surface area contributed by atoms with Crippen LogP contribution in [0.5, 0.6) is 0 Å². The van der Waals surface area contributed by atoms with Crippen LogP contribution < -0.4 is 4.90 Å². The van der Waals surface area contributed by atoms with Crippen molar-refractivity contribution in [3.63, 3.8) is 0 Å². The molecule has 1 aromatic heterocycles. The minimum absolute atomic E-state index is 0.0457. The van der Waals surface area contributed by atoms with Crippen LogP contribution in [0.3, 0.4) is 0 Å². The molecule has 0 saturated carbocycles. The lowest BCUT2D eigenvalue weighted by atomic mass is 9.97. The Hall–Kier alpha value is -2.30. The van der Waals surface area contributed by atoms with Gasteiger partial charge in [-0.2, -0.15) is 0 Å². The molecule has 0 spiro atoms. The van der Waals surface area contributed by atoms with E-state index in [1.54, 1.807) is 17.2 Å². The molecule has 0 N–H and O–H groups in total. The highest BCUT2D eigenvalue weighted by Crippen LogP contribution is 2.34. The molecule has 5 nitrogen and oxygen atoms in total. The third-order valence-corrected chi connectivity index (χ3v) is 3.58. The topological polar surface area (TPSA) is 63.2 Å². The zero-order valence-corrected chi connectivity index (χ0v) is 11.3. The first-order valence-electron chi connectivity index (χ1n) is 6.78. The van der Waals surface area contributed by atoms with Gasteiger partial charge in [-0.05, 0) is 18.6 Å². The predicted molar refractivity (Wildman–Crippen MR) is 75.7 cm³/mol. The van der Waals surface area contributed by atoms with Crippen molar-refractivity contribution in [2.24, 2.45) is 0 Å². The van der Waals surface area contributed by atoms with E-state index in [1.807, 2.05) is 6.07 Å². The van der Waals surface area contributed by atoms with Crippen molar-refractivity contribution in [1.29, 1.82) is 0 Å². The highest BCUT2D eigenvalue weighted by Gasteiger charge is 2.31. The molecule has 0 bridgehead atoms. The number of hydrogen-bond donors (Lipinski definition) is 0. The number of hydrogen-bond acceptors (Lipinski definition) is 4. The van der Waals surface area contributed by atoms with Gasteiger partial charge >= 0.3 is 0 Å². The minimum atomic E-state index is -0.132. The summed E-state index contributed by atoms with van der Waals surface area (Å²) < 4.78 is 0. The van der Waals surface area contributed by atoms with Gasteiger partial charge in [-0.25, -0.2) is 9.97 Å². The lowest BCUT2D eigenvalue weighted by Crippen LogP contribution is -2.38. The molecule has 5 heteroatoms. The monoisotopic (exact) mass is 269 g/mol. The van der Waals surface area contributed by atoms with Gasteiger partial charge in [0.05, 0.1) is 17.6 Å². The molecule has 0 fully saturated rings. The van der Waals surface area contributed by atoms with Gasteiger partial charge < -0.3 is 4.90 Å². The van der Waals surface area contributed by atoms with Crippen molar-refractivity contribution in [3.05, 3.63) is 30.2 Å². The first kappa shape index (κ1) is 12.7. The Morgan fingerprint density at radius 1 is 1.30 bits per heavy atom. The molecular formula is C15H15N3O2. The quantitative estimate of drug-likeness (QED) is 0.802. The lowest BCUT2D eigenvalue weighted by Gasteiger charge is -2.29. The Morgan fingerprint density at radius 3 is 2.95 bits per heavy atom. The summed E-state index contributed by atoms with van der Waals surface area (Å²) in [5.41, 5.74) is 2.03. The van der Waals surface area contributed by atoms with Gasteiger partial charge in [0.2, 0.25) is 5.91 Å². The Balaban J connectivity index is 2.22. The van der Waals surface area contributed by atoms with Gasteiger partial charge in [0.25, 0.3) is 0 Å². The smallest absolute Gasteiger partial charge is 0.234 e. The zero-order chi connectivity index (χ0) is 14.1. The molecule has 0 aliphatic carbocycles. The number of aromatic nitrogens is 2. The Labute approximate surface area is 116 Å². The van der Waals surface area contributed by atoms with Crippen LogP contribution in [-0.4, -0.2) is 28.2 Å². The van der Waals surface area contributed by atoms with Crippen LogP contribution >= 0.6 is 0 Å². The van der Waals surface area contributed by atoms with Crippen molar-refractivity contribution < 1.29 is 9.59 Å². The van der Waals surface area contributed by atoms with Crippen LogP contribution in [0.2, 0.25) is 0 Å². The molecule has 1 aliphatic heterocycles. The number of anilines is 1. The van der Waals surface area contributed by atoms with E-state index in [9.17, 15) is 9.59 Å². The van der Waals surface area contributed by atoms with Crippen LogP contribution in [0.15, 0.2) is 24.7 Å². The second kappa shape index (κ2) is 5.00. The fourth-order valence-electron chi connectivity index (χ4n) is 2.56. The first-order chi connectivity index (χ1) is 9.72. The summed E-state index contributed by atoms with van der Waals surface area (Å²) in [4.78, 5) is 34.2. The molecule has 0 radical (unpaired) electrons. The summed E-state index contributed by atoms with van der Waals surface area (Å²) in [6.07, 6.45) is 5.00. The molecule has 2 aromatic rings. The lowest BCUT2D eigenvalue weighted by molar-refractivity contribution is -0.118. The second-order valence-corrected chi connectivity index (χ2v) is 4.92. The maximum absolute atomic E-state index is 12.2. The number of carbonyl (C=O) groups is 2. The molecule has 1 aliphatic rings. The molecule has 20 heavy (non-hydrogen) atoms. The molecule has 1 amide bonds. The highest BCUT2D eigenvalue weighted by atomic mass is 16.2. The van der Waals surface area contributed by atoms with Crippen LogP contribution in [0, 0.1) is 0 Å². The number of Topliss-reactive ketones (excluding diaryl/α,β-unsaturated/α-hetero) is 1. The fraction of sp³-hybridized carbons (Fsp3) is 0.333. The van der Waals surface area contributed by atoms with Crippen LogP contribution in [0.4, 0.5) is 5.69 Å². The van der Waals surface area contributed by atoms with Crippen LogP contribution in [0.1, 0.15) is 36.5 Å². The van der Waals surface area contributed by atoms with Crippen LogP contribution in [-0.2, 0) is 4.79 Å². The Morgan fingerprint density at radius 2 is 2.15 bits per heavy atom. The summed E-state index contributed by atoms with van der Waals surface area (Å²) in [7, 11) is 0. The normalized spacial score (nSPS) is 14.8. The number of nitrogens with zero attached hydrogens (tertiary/aromatic N) is 3. The first-order valence-corrected chi connectivity index (χ1v) is 6.78.